The lowest BCUT2D eigenvalue weighted by molar-refractivity contribution is -0.132. The maximum atomic E-state index is 12.5. The summed E-state index contributed by atoms with van der Waals surface area (Å²) in [7, 11) is 1.99. The highest BCUT2D eigenvalue weighted by molar-refractivity contribution is 5.78. The highest BCUT2D eigenvalue weighted by Crippen LogP contribution is 2.10. The summed E-state index contributed by atoms with van der Waals surface area (Å²) in [6.45, 7) is 4.21. The Morgan fingerprint density at radius 1 is 1.04 bits per heavy atom. The van der Waals surface area contributed by atoms with Gasteiger partial charge in [0, 0.05) is 45.1 Å². The third kappa shape index (κ3) is 4.29. The molecule has 1 fully saturated rings. The first-order valence-electron chi connectivity index (χ1n) is 8.24. The summed E-state index contributed by atoms with van der Waals surface area (Å²) >= 11 is 0. The van der Waals surface area contributed by atoms with Gasteiger partial charge in [-0.25, -0.2) is 9.97 Å². The number of benzene rings is 1. The van der Waals surface area contributed by atoms with E-state index in [1.807, 2.05) is 36.2 Å². The molecule has 1 aromatic carbocycles. The van der Waals surface area contributed by atoms with Crippen molar-refractivity contribution in [1.29, 1.82) is 0 Å². The Labute approximate surface area is 142 Å². The number of nitrogens with zero attached hydrogens (tertiary/aromatic N) is 5. The minimum Gasteiger partial charge on any atom is -0.338 e. The molecule has 6 nitrogen and oxygen atoms in total. The number of anilines is 1. The van der Waals surface area contributed by atoms with Crippen molar-refractivity contribution in [2.45, 2.75) is 6.54 Å². The van der Waals surface area contributed by atoms with Crippen molar-refractivity contribution in [3.8, 4) is 0 Å². The van der Waals surface area contributed by atoms with Gasteiger partial charge in [-0.2, -0.15) is 0 Å². The van der Waals surface area contributed by atoms with E-state index in [4.69, 9.17) is 0 Å². The van der Waals surface area contributed by atoms with Gasteiger partial charge in [0.2, 0.25) is 11.9 Å². The maximum Gasteiger partial charge on any atom is 0.236 e. The van der Waals surface area contributed by atoms with Gasteiger partial charge in [0.25, 0.3) is 0 Å². The van der Waals surface area contributed by atoms with Crippen LogP contribution in [0.3, 0.4) is 0 Å². The Hall–Kier alpha value is -2.47. The lowest BCUT2D eigenvalue weighted by Crippen LogP contribution is -2.51. The van der Waals surface area contributed by atoms with Crippen molar-refractivity contribution >= 4 is 11.9 Å². The van der Waals surface area contributed by atoms with Crippen LogP contribution in [-0.2, 0) is 11.3 Å². The van der Waals surface area contributed by atoms with Gasteiger partial charge in [0.1, 0.15) is 0 Å². The monoisotopic (exact) mass is 325 g/mol. The minimum atomic E-state index is 0.182. The van der Waals surface area contributed by atoms with Gasteiger partial charge in [-0.1, -0.05) is 30.3 Å². The summed E-state index contributed by atoms with van der Waals surface area (Å²) in [5, 5.41) is 0. The molecule has 3 rings (SSSR count). The maximum absolute atomic E-state index is 12.5. The molecule has 0 atom stereocenters. The molecule has 24 heavy (non-hydrogen) atoms. The summed E-state index contributed by atoms with van der Waals surface area (Å²) in [4.78, 5) is 27.1. The van der Waals surface area contributed by atoms with Crippen molar-refractivity contribution in [2.75, 3.05) is 44.7 Å². The Bertz CT molecular complexity index is 641. The number of aromatic nitrogens is 2. The van der Waals surface area contributed by atoms with Gasteiger partial charge in [0.15, 0.2) is 0 Å². The summed E-state index contributed by atoms with van der Waals surface area (Å²) in [6.07, 6.45) is 3.50. The standard InChI is InChI=1S/C18H23N5O/c1-21(14-16-6-3-2-4-7-16)15-17(24)22-10-12-23(13-11-22)18-19-8-5-9-20-18/h2-9H,10-15H2,1H3. The van der Waals surface area contributed by atoms with Gasteiger partial charge < -0.3 is 9.80 Å². The van der Waals surface area contributed by atoms with Crippen LogP contribution in [0.5, 0.6) is 0 Å². The molecule has 0 unspecified atom stereocenters. The Morgan fingerprint density at radius 2 is 1.71 bits per heavy atom. The normalized spacial score (nSPS) is 14.9. The minimum absolute atomic E-state index is 0.182. The Kier molecular flexibility index (Phi) is 5.38. The van der Waals surface area contributed by atoms with E-state index in [1.54, 1.807) is 12.4 Å². The van der Waals surface area contributed by atoms with Crippen molar-refractivity contribution in [2.24, 2.45) is 0 Å². The summed E-state index contributed by atoms with van der Waals surface area (Å²) in [5.41, 5.74) is 1.22. The number of piperazine rings is 1. The van der Waals surface area contributed by atoms with Gasteiger partial charge in [-0.05, 0) is 18.7 Å². The zero-order valence-electron chi connectivity index (χ0n) is 14.0. The second kappa shape index (κ2) is 7.88. The molecule has 126 valence electrons. The average molecular weight is 325 g/mol. The highest BCUT2D eigenvalue weighted by atomic mass is 16.2. The number of carbonyl (C=O) groups is 1. The molecule has 1 aliphatic heterocycles. The van der Waals surface area contributed by atoms with E-state index < -0.39 is 0 Å². The molecule has 0 spiro atoms. The predicted molar refractivity (Wildman–Crippen MR) is 93.6 cm³/mol. The van der Waals surface area contributed by atoms with Crippen LogP contribution < -0.4 is 4.90 Å². The van der Waals surface area contributed by atoms with Crippen LogP contribution in [0.1, 0.15) is 5.56 Å². The molecular weight excluding hydrogens is 302 g/mol. The van der Waals surface area contributed by atoms with Gasteiger partial charge in [0.05, 0.1) is 6.54 Å². The van der Waals surface area contributed by atoms with E-state index in [1.165, 1.54) is 5.56 Å². The summed E-state index contributed by atoms with van der Waals surface area (Å²) in [5.74, 6) is 0.924. The molecule has 0 N–H and O–H groups in total. The van der Waals surface area contributed by atoms with Crippen LogP contribution in [0, 0.1) is 0 Å². The molecule has 2 heterocycles. The average Bonchev–Trinajstić information content (AvgIpc) is 2.63. The van der Waals surface area contributed by atoms with Crippen molar-refractivity contribution in [3.05, 3.63) is 54.4 Å². The zero-order chi connectivity index (χ0) is 16.8. The number of hydrogen-bond acceptors (Lipinski definition) is 5. The van der Waals surface area contributed by atoms with Crippen molar-refractivity contribution in [1.82, 2.24) is 19.8 Å². The third-order valence-corrected chi connectivity index (χ3v) is 4.17. The van der Waals surface area contributed by atoms with Gasteiger partial charge in [-0.3, -0.25) is 9.69 Å². The molecule has 1 amide bonds. The fourth-order valence-electron chi connectivity index (χ4n) is 2.89. The third-order valence-electron chi connectivity index (χ3n) is 4.17. The predicted octanol–water partition coefficient (Wildman–Crippen LogP) is 1.26. The molecule has 0 aliphatic carbocycles. The van der Waals surface area contributed by atoms with E-state index in [0.29, 0.717) is 6.54 Å². The molecule has 0 radical (unpaired) electrons. The number of amides is 1. The molecule has 1 aliphatic rings. The second-order valence-corrected chi connectivity index (χ2v) is 6.07. The molecular formula is C18H23N5O. The molecule has 0 saturated carbocycles. The number of hydrogen-bond donors (Lipinski definition) is 0. The topological polar surface area (TPSA) is 52.6 Å². The lowest BCUT2D eigenvalue weighted by Gasteiger charge is -2.35. The van der Waals surface area contributed by atoms with E-state index >= 15 is 0 Å². The first kappa shape index (κ1) is 16.4. The summed E-state index contributed by atoms with van der Waals surface area (Å²) < 4.78 is 0. The Morgan fingerprint density at radius 3 is 2.38 bits per heavy atom. The van der Waals surface area contributed by atoms with Crippen LogP contribution in [0.25, 0.3) is 0 Å². The molecule has 6 heteroatoms. The Balaban J connectivity index is 1.47. The van der Waals surface area contributed by atoms with Crippen LogP contribution in [0.15, 0.2) is 48.8 Å². The molecule has 2 aromatic rings. The largest absolute Gasteiger partial charge is 0.338 e. The number of carbonyl (C=O) groups excluding carboxylic acids is 1. The summed E-state index contributed by atoms with van der Waals surface area (Å²) in [6, 6.07) is 12.0. The lowest BCUT2D eigenvalue weighted by atomic mass is 10.2. The highest BCUT2D eigenvalue weighted by Gasteiger charge is 2.23. The van der Waals surface area contributed by atoms with E-state index in [-0.39, 0.29) is 5.91 Å². The fourth-order valence-corrected chi connectivity index (χ4v) is 2.89. The van der Waals surface area contributed by atoms with Crippen molar-refractivity contribution in [3.63, 3.8) is 0 Å². The number of likely N-dealkylation sites (N-methyl/N-ethyl adjacent to an activating group) is 1. The fraction of sp³-hybridized carbons (Fsp3) is 0.389. The molecule has 0 bridgehead atoms. The molecule has 1 saturated heterocycles. The van der Waals surface area contributed by atoms with E-state index in [0.717, 1.165) is 38.7 Å². The first-order valence-corrected chi connectivity index (χ1v) is 8.24. The quantitative estimate of drug-likeness (QED) is 0.828. The molecule has 1 aromatic heterocycles. The van der Waals surface area contributed by atoms with Crippen molar-refractivity contribution < 1.29 is 4.79 Å². The zero-order valence-corrected chi connectivity index (χ0v) is 14.0. The number of rotatable bonds is 5. The SMILES string of the molecule is CN(CC(=O)N1CCN(c2ncccn2)CC1)Cc1ccccc1. The van der Waals surface area contributed by atoms with Crippen LogP contribution in [-0.4, -0.2) is 65.4 Å². The van der Waals surface area contributed by atoms with Crippen LogP contribution in [0.4, 0.5) is 5.95 Å². The van der Waals surface area contributed by atoms with Crippen LogP contribution in [0.2, 0.25) is 0 Å². The van der Waals surface area contributed by atoms with Gasteiger partial charge >= 0.3 is 0 Å². The van der Waals surface area contributed by atoms with E-state index in [9.17, 15) is 4.79 Å². The van der Waals surface area contributed by atoms with Crippen LogP contribution >= 0.6 is 0 Å². The smallest absolute Gasteiger partial charge is 0.236 e. The second-order valence-electron chi connectivity index (χ2n) is 6.07. The van der Waals surface area contributed by atoms with E-state index in [2.05, 4.69) is 31.9 Å². The van der Waals surface area contributed by atoms with Gasteiger partial charge in [-0.15, -0.1) is 0 Å². The first-order chi connectivity index (χ1) is 11.7.